The van der Waals surface area contributed by atoms with Crippen LogP contribution < -0.4 is 15.0 Å². The van der Waals surface area contributed by atoms with Gasteiger partial charge in [-0.15, -0.1) is 0 Å². The van der Waals surface area contributed by atoms with E-state index in [2.05, 4.69) is 24.1 Å². The molecule has 1 atom stereocenters. The summed E-state index contributed by atoms with van der Waals surface area (Å²) < 4.78 is 5.14. The summed E-state index contributed by atoms with van der Waals surface area (Å²) in [5.74, 6) is 0.459. The number of nitrogens with one attached hydrogen (secondary N) is 1. The van der Waals surface area contributed by atoms with E-state index in [1.807, 2.05) is 24.3 Å². The van der Waals surface area contributed by atoms with Gasteiger partial charge in [-0.1, -0.05) is 13.8 Å². The zero-order valence-corrected chi connectivity index (χ0v) is 16.2. The Balaban J connectivity index is 1.75. The van der Waals surface area contributed by atoms with E-state index in [9.17, 15) is 9.59 Å². The minimum Gasteiger partial charge on any atom is -0.497 e. The summed E-state index contributed by atoms with van der Waals surface area (Å²) in [4.78, 5) is 28.7. The lowest BCUT2D eigenvalue weighted by Crippen LogP contribution is -2.34. The standard InChI is InChI=1S/C20H31N3O3/c1-4-22(5-2)13-7-6-12-21-20(25)16-14-19(24)23(15-16)17-8-10-18(26-3)11-9-17/h8-11,16H,4-7,12-15H2,1-3H3,(H,21,25). The number of hydrogen-bond donors (Lipinski definition) is 1. The Morgan fingerprint density at radius 3 is 2.54 bits per heavy atom. The highest BCUT2D eigenvalue weighted by atomic mass is 16.5. The number of hydrogen-bond acceptors (Lipinski definition) is 4. The Bertz CT molecular complexity index is 584. The van der Waals surface area contributed by atoms with E-state index in [-0.39, 0.29) is 24.2 Å². The van der Waals surface area contributed by atoms with E-state index >= 15 is 0 Å². The number of carbonyl (C=O) groups excluding carboxylic acids is 2. The van der Waals surface area contributed by atoms with Crippen LogP contribution in [0.5, 0.6) is 5.75 Å². The molecule has 0 spiro atoms. The van der Waals surface area contributed by atoms with Crippen LogP contribution in [0.15, 0.2) is 24.3 Å². The minimum atomic E-state index is -0.271. The first-order valence-corrected chi connectivity index (χ1v) is 9.53. The van der Waals surface area contributed by atoms with E-state index in [0.29, 0.717) is 13.1 Å². The average molecular weight is 361 g/mol. The van der Waals surface area contributed by atoms with Crippen molar-refractivity contribution in [2.45, 2.75) is 33.1 Å². The van der Waals surface area contributed by atoms with Crippen LogP contribution in [-0.4, -0.2) is 56.5 Å². The topological polar surface area (TPSA) is 61.9 Å². The molecule has 0 saturated carbocycles. The van der Waals surface area contributed by atoms with E-state index in [1.165, 1.54) is 0 Å². The van der Waals surface area contributed by atoms with Gasteiger partial charge in [0.15, 0.2) is 0 Å². The highest BCUT2D eigenvalue weighted by Gasteiger charge is 2.34. The number of benzene rings is 1. The van der Waals surface area contributed by atoms with Crippen LogP contribution in [0.2, 0.25) is 0 Å². The minimum absolute atomic E-state index is 0.00292. The number of amides is 2. The molecular weight excluding hydrogens is 330 g/mol. The molecule has 6 heteroatoms. The van der Waals surface area contributed by atoms with Gasteiger partial charge in [-0.25, -0.2) is 0 Å². The summed E-state index contributed by atoms with van der Waals surface area (Å²) in [6, 6.07) is 7.35. The van der Waals surface area contributed by atoms with E-state index in [4.69, 9.17) is 4.74 Å². The van der Waals surface area contributed by atoms with E-state index < -0.39 is 0 Å². The molecule has 0 radical (unpaired) electrons. The molecule has 2 rings (SSSR count). The predicted octanol–water partition coefficient (Wildman–Crippen LogP) is 2.29. The van der Waals surface area contributed by atoms with Crippen molar-refractivity contribution >= 4 is 17.5 Å². The van der Waals surface area contributed by atoms with Gasteiger partial charge in [0, 0.05) is 25.2 Å². The van der Waals surface area contributed by atoms with Gasteiger partial charge in [-0.3, -0.25) is 9.59 Å². The van der Waals surface area contributed by atoms with Crippen LogP contribution in [0, 0.1) is 5.92 Å². The fourth-order valence-corrected chi connectivity index (χ4v) is 3.25. The maximum Gasteiger partial charge on any atom is 0.227 e. The van der Waals surface area contributed by atoms with Crippen LogP contribution >= 0.6 is 0 Å². The van der Waals surface area contributed by atoms with Crippen molar-refractivity contribution in [3.63, 3.8) is 0 Å². The molecule has 0 aliphatic carbocycles. The molecule has 26 heavy (non-hydrogen) atoms. The number of nitrogens with zero attached hydrogens (tertiary/aromatic N) is 2. The van der Waals surface area contributed by atoms with Gasteiger partial charge < -0.3 is 19.9 Å². The Morgan fingerprint density at radius 1 is 1.23 bits per heavy atom. The summed E-state index contributed by atoms with van der Waals surface area (Å²) >= 11 is 0. The second-order valence-electron chi connectivity index (χ2n) is 6.63. The van der Waals surface area contributed by atoms with Gasteiger partial charge in [0.1, 0.15) is 5.75 Å². The normalized spacial score (nSPS) is 17.0. The van der Waals surface area contributed by atoms with Gasteiger partial charge in [-0.05, 0) is 56.7 Å². The first-order chi connectivity index (χ1) is 12.6. The molecule has 1 aromatic carbocycles. The number of carbonyl (C=O) groups is 2. The molecule has 1 aliphatic heterocycles. The van der Waals surface area contributed by atoms with Crippen molar-refractivity contribution in [1.82, 2.24) is 10.2 Å². The maximum absolute atomic E-state index is 12.4. The maximum atomic E-state index is 12.4. The fourth-order valence-electron chi connectivity index (χ4n) is 3.25. The lowest BCUT2D eigenvalue weighted by Gasteiger charge is -2.18. The van der Waals surface area contributed by atoms with Crippen molar-refractivity contribution in [3.8, 4) is 5.75 Å². The summed E-state index contributed by atoms with van der Waals surface area (Å²) in [7, 11) is 1.61. The molecule has 1 fully saturated rings. The van der Waals surface area contributed by atoms with Crippen LogP contribution in [0.3, 0.4) is 0 Å². The third-order valence-electron chi connectivity index (χ3n) is 4.97. The number of rotatable bonds is 10. The lowest BCUT2D eigenvalue weighted by atomic mass is 10.1. The van der Waals surface area contributed by atoms with Crippen molar-refractivity contribution < 1.29 is 14.3 Å². The number of ether oxygens (including phenoxy) is 1. The Labute approximate surface area is 156 Å². The van der Waals surface area contributed by atoms with Gasteiger partial charge in [-0.2, -0.15) is 0 Å². The van der Waals surface area contributed by atoms with Crippen molar-refractivity contribution in [2.75, 3.05) is 44.7 Å². The monoisotopic (exact) mass is 361 g/mol. The molecule has 0 aromatic heterocycles. The lowest BCUT2D eigenvalue weighted by molar-refractivity contribution is -0.126. The van der Waals surface area contributed by atoms with Crippen LogP contribution in [-0.2, 0) is 9.59 Å². The summed E-state index contributed by atoms with van der Waals surface area (Å²) in [5, 5.41) is 2.99. The molecular formula is C20H31N3O3. The zero-order chi connectivity index (χ0) is 18.9. The Hall–Kier alpha value is -2.08. The van der Waals surface area contributed by atoms with Crippen molar-refractivity contribution in [1.29, 1.82) is 0 Å². The van der Waals surface area contributed by atoms with E-state index in [0.717, 1.165) is 43.9 Å². The first-order valence-electron chi connectivity index (χ1n) is 9.53. The highest BCUT2D eigenvalue weighted by Crippen LogP contribution is 2.26. The predicted molar refractivity (Wildman–Crippen MR) is 103 cm³/mol. The fraction of sp³-hybridized carbons (Fsp3) is 0.600. The average Bonchev–Trinajstić information content (AvgIpc) is 3.06. The van der Waals surface area contributed by atoms with Crippen molar-refractivity contribution in [3.05, 3.63) is 24.3 Å². The molecule has 1 aromatic rings. The third-order valence-corrected chi connectivity index (χ3v) is 4.97. The van der Waals surface area contributed by atoms with Gasteiger partial charge in [0.2, 0.25) is 11.8 Å². The quantitative estimate of drug-likeness (QED) is 0.650. The zero-order valence-electron chi connectivity index (χ0n) is 16.2. The molecule has 0 bridgehead atoms. The van der Waals surface area contributed by atoms with Crippen LogP contribution in [0.4, 0.5) is 5.69 Å². The van der Waals surface area contributed by atoms with Crippen LogP contribution in [0.25, 0.3) is 0 Å². The molecule has 1 unspecified atom stereocenters. The molecule has 1 N–H and O–H groups in total. The molecule has 1 heterocycles. The summed E-state index contributed by atoms with van der Waals surface area (Å²) in [5.41, 5.74) is 0.810. The molecule has 1 aliphatic rings. The molecule has 6 nitrogen and oxygen atoms in total. The van der Waals surface area contributed by atoms with E-state index in [1.54, 1.807) is 12.0 Å². The largest absolute Gasteiger partial charge is 0.497 e. The second kappa shape index (κ2) is 10.2. The summed E-state index contributed by atoms with van der Waals surface area (Å²) in [6.45, 7) is 8.64. The van der Waals surface area contributed by atoms with Gasteiger partial charge in [0.25, 0.3) is 0 Å². The SMILES string of the molecule is CCN(CC)CCCCNC(=O)C1CC(=O)N(c2ccc(OC)cc2)C1. The van der Waals surface area contributed by atoms with Gasteiger partial charge in [0.05, 0.1) is 13.0 Å². The second-order valence-corrected chi connectivity index (χ2v) is 6.63. The highest BCUT2D eigenvalue weighted by molar-refractivity contribution is 6.00. The molecule has 2 amide bonds. The van der Waals surface area contributed by atoms with Crippen LogP contribution in [0.1, 0.15) is 33.1 Å². The Morgan fingerprint density at radius 2 is 1.92 bits per heavy atom. The summed E-state index contributed by atoms with van der Waals surface area (Å²) in [6.07, 6.45) is 2.31. The number of unbranched alkanes of at least 4 members (excludes halogenated alkanes) is 1. The first kappa shape index (κ1) is 20.2. The smallest absolute Gasteiger partial charge is 0.227 e. The number of methoxy groups -OCH3 is 1. The molecule has 144 valence electrons. The molecule has 1 saturated heterocycles. The van der Waals surface area contributed by atoms with Crippen molar-refractivity contribution in [2.24, 2.45) is 5.92 Å². The number of anilines is 1. The third kappa shape index (κ3) is 5.46. The van der Waals surface area contributed by atoms with Gasteiger partial charge >= 0.3 is 0 Å². The Kier molecular flexibility index (Phi) is 7.91.